The Labute approximate surface area is 170 Å². The number of methoxy groups -OCH3 is 1. The number of nitrogens with zero attached hydrogens (tertiary/aromatic N) is 3. The molecule has 2 aromatic heterocycles. The third-order valence-corrected chi connectivity index (χ3v) is 5.78. The monoisotopic (exact) mass is 391 g/mol. The van der Waals surface area contributed by atoms with Crippen molar-refractivity contribution < 1.29 is 13.9 Å². The van der Waals surface area contributed by atoms with E-state index in [1.807, 2.05) is 12.1 Å². The summed E-state index contributed by atoms with van der Waals surface area (Å²) in [5.41, 5.74) is 4.76. The molecule has 5 rings (SSSR count). The quantitative estimate of drug-likeness (QED) is 0.514. The van der Waals surface area contributed by atoms with Gasteiger partial charge in [0, 0.05) is 25.2 Å². The molecule has 3 heterocycles. The first kappa shape index (κ1) is 18.2. The number of fused-ring (bicyclic) bond motifs is 3. The van der Waals surface area contributed by atoms with E-state index >= 15 is 0 Å². The molecule has 6 heteroatoms. The van der Waals surface area contributed by atoms with Gasteiger partial charge in [-0.3, -0.25) is 4.90 Å². The number of aromatic amines is 1. The highest BCUT2D eigenvalue weighted by molar-refractivity contribution is 5.74. The van der Waals surface area contributed by atoms with Crippen LogP contribution in [0.4, 0.5) is 0 Å². The maximum Gasteiger partial charge on any atom is 0.368 e. The van der Waals surface area contributed by atoms with Gasteiger partial charge < -0.3 is 9.47 Å². The minimum Gasteiger partial charge on any atom is -0.497 e. The summed E-state index contributed by atoms with van der Waals surface area (Å²) in [6.07, 6.45) is 3.34. The Morgan fingerprint density at radius 3 is 2.62 bits per heavy atom. The first-order valence-electron chi connectivity index (χ1n) is 10.3. The second-order valence-electron chi connectivity index (χ2n) is 7.54. The van der Waals surface area contributed by atoms with Crippen molar-refractivity contribution in [2.24, 2.45) is 0 Å². The van der Waals surface area contributed by atoms with Crippen LogP contribution in [0.1, 0.15) is 6.42 Å². The van der Waals surface area contributed by atoms with Gasteiger partial charge >= 0.3 is 5.78 Å². The molecule has 1 fully saturated rings. The highest BCUT2D eigenvalue weighted by Gasteiger charge is 2.22. The standard InChI is InChI=1S/C23H26N4O2/c1-28-19-9-7-18(8-10-19)22-17-27-21-6-3-2-5-20(21)24-23(27)26(22)12-4-11-25-13-15-29-16-14-25/h2-3,5-10,17H,4,11-16H2,1H3/p+1. The number of aryl methyl sites for hydroxylation is 1. The van der Waals surface area contributed by atoms with Crippen molar-refractivity contribution in [3.05, 3.63) is 54.7 Å². The minimum atomic E-state index is 0.850. The largest absolute Gasteiger partial charge is 0.497 e. The predicted octanol–water partition coefficient (Wildman–Crippen LogP) is 3.11. The third kappa shape index (κ3) is 3.50. The molecule has 0 aliphatic carbocycles. The van der Waals surface area contributed by atoms with E-state index in [9.17, 15) is 0 Å². The molecule has 29 heavy (non-hydrogen) atoms. The molecular formula is C23H27N4O2+. The molecule has 0 saturated carbocycles. The first-order valence-corrected chi connectivity index (χ1v) is 10.3. The number of morpholine rings is 1. The van der Waals surface area contributed by atoms with Crippen molar-refractivity contribution in [3.63, 3.8) is 0 Å². The van der Waals surface area contributed by atoms with Crippen LogP contribution in [-0.2, 0) is 11.3 Å². The third-order valence-electron chi connectivity index (χ3n) is 5.78. The van der Waals surface area contributed by atoms with Gasteiger partial charge in [0.2, 0.25) is 0 Å². The van der Waals surface area contributed by atoms with Crippen LogP contribution in [0.15, 0.2) is 54.7 Å². The summed E-state index contributed by atoms with van der Waals surface area (Å²) in [7, 11) is 1.70. The van der Waals surface area contributed by atoms with Crippen molar-refractivity contribution in [1.82, 2.24) is 14.5 Å². The molecule has 150 valence electrons. The predicted molar refractivity (Wildman–Crippen MR) is 113 cm³/mol. The molecular weight excluding hydrogens is 364 g/mol. The first-order chi connectivity index (χ1) is 14.3. The number of imidazole rings is 2. The molecule has 0 amide bonds. The van der Waals surface area contributed by atoms with E-state index in [2.05, 4.69) is 61.4 Å². The molecule has 0 atom stereocenters. The molecule has 2 aromatic carbocycles. The summed E-state index contributed by atoms with van der Waals surface area (Å²) in [5, 5.41) is 0. The molecule has 0 spiro atoms. The number of hydrogen-bond donors (Lipinski definition) is 1. The average Bonchev–Trinajstić information content (AvgIpc) is 3.31. The minimum absolute atomic E-state index is 0.850. The van der Waals surface area contributed by atoms with Crippen LogP contribution in [0.25, 0.3) is 28.1 Å². The molecule has 6 nitrogen and oxygen atoms in total. The van der Waals surface area contributed by atoms with Crippen LogP contribution in [0, 0.1) is 0 Å². The van der Waals surface area contributed by atoms with Gasteiger partial charge in [0.1, 0.15) is 28.7 Å². The van der Waals surface area contributed by atoms with Crippen LogP contribution in [0.5, 0.6) is 5.75 Å². The number of rotatable bonds is 6. The lowest BCUT2D eigenvalue weighted by molar-refractivity contribution is -0.479. The SMILES string of the molecule is COc1ccc(-c2c[n+]3c4ccccc4[nH]c3n2CCCN2CCOCC2)cc1. The van der Waals surface area contributed by atoms with Gasteiger partial charge in [-0.1, -0.05) is 12.1 Å². The molecule has 4 aromatic rings. The fraction of sp³-hybridized carbons (Fsp3) is 0.348. The van der Waals surface area contributed by atoms with Gasteiger partial charge in [0.25, 0.3) is 0 Å². The maximum absolute atomic E-state index is 5.47. The second-order valence-corrected chi connectivity index (χ2v) is 7.54. The van der Waals surface area contributed by atoms with E-state index in [0.29, 0.717) is 0 Å². The van der Waals surface area contributed by atoms with Crippen LogP contribution in [0.2, 0.25) is 0 Å². The van der Waals surface area contributed by atoms with E-state index < -0.39 is 0 Å². The van der Waals surface area contributed by atoms with E-state index in [0.717, 1.165) is 62.9 Å². The van der Waals surface area contributed by atoms with Gasteiger partial charge in [0.05, 0.1) is 26.9 Å². The molecule has 1 saturated heterocycles. The number of ether oxygens (including phenoxy) is 2. The zero-order valence-electron chi connectivity index (χ0n) is 16.8. The normalized spacial score (nSPS) is 15.3. The lowest BCUT2D eigenvalue weighted by atomic mass is 10.1. The van der Waals surface area contributed by atoms with Crippen molar-refractivity contribution in [3.8, 4) is 17.0 Å². The lowest BCUT2D eigenvalue weighted by Gasteiger charge is -2.26. The van der Waals surface area contributed by atoms with Crippen LogP contribution >= 0.6 is 0 Å². The summed E-state index contributed by atoms with van der Waals surface area (Å²) >= 11 is 0. The fourth-order valence-electron chi connectivity index (χ4n) is 4.21. The van der Waals surface area contributed by atoms with E-state index in [-0.39, 0.29) is 0 Å². The van der Waals surface area contributed by atoms with Crippen LogP contribution < -0.4 is 9.14 Å². The zero-order valence-corrected chi connectivity index (χ0v) is 16.8. The van der Waals surface area contributed by atoms with E-state index in [1.54, 1.807) is 7.11 Å². The number of H-pyrrole nitrogens is 1. The Morgan fingerprint density at radius 1 is 1.03 bits per heavy atom. The second kappa shape index (κ2) is 7.89. The van der Waals surface area contributed by atoms with E-state index in [1.165, 1.54) is 16.8 Å². The molecule has 1 N–H and O–H groups in total. The van der Waals surface area contributed by atoms with Gasteiger partial charge in [-0.15, -0.1) is 0 Å². The van der Waals surface area contributed by atoms with Gasteiger partial charge in [0.15, 0.2) is 0 Å². The zero-order chi connectivity index (χ0) is 19.6. The van der Waals surface area contributed by atoms with E-state index in [4.69, 9.17) is 9.47 Å². The van der Waals surface area contributed by atoms with Crippen molar-refractivity contribution in [2.45, 2.75) is 13.0 Å². The fourth-order valence-corrected chi connectivity index (χ4v) is 4.21. The smallest absolute Gasteiger partial charge is 0.368 e. The molecule has 0 bridgehead atoms. The van der Waals surface area contributed by atoms with Crippen molar-refractivity contribution >= 4 is 16.8 Å². The highest BCUT2D eigenvalue weighted by atomic mass is 16.5. The average molecular weight is 391 g/mol. The van der Waals surface area contributed by atoms with Gasteiger partial charge in [-0.2, -0.15) is 4.40 Å². The number of nitrogens with one attached hydrogen (secondary N) is 1. The summed E-state index contributed by atoms with van der Waals surface area (Å²) in [6, 6.07) is 16.8. The Bertz CT molecular complexity index is 1110. The van der Waals surface area contributed by atoms with Crippen molar-refractivity contribution in [1.29, 1.82) is 0 Å². The molecule has 1 aliphatic heterocycles. The van der Waals surface area contributed by atoms with Crippen LogP contribution in [-0.4, -0.2) is 54.4 Å². The Morgan fingerprint density at radius 2 is 1.83 bits per heavy atom. The van der Waals surface area contributed by atoms with Gasteiger partial charge in [-0.25, -0.2) is 9.55 Å². The van der Waals surface area contributed by atoms with Crippen molar-refractivity contribution in [2.75, 3.05) is 40.0 Å². The number of aromatic nitrogens is 3. The summed E-state index contributed by atoms with van der Waals surface area (Å²) in [6.45, 7) is 5.82. The number of para-hydroxylation sites is 2. The summed E-state index contributed by atoms with van der Waals surface area (Å²) in [4.78, 5) is 6.11. The lowest BCUT2D eigenvalue weighted by Crippen LogP contribution is -2.37. The molecule has 0 unspecified atom stereocenters. The highest BCUT2D eigenvalue weighted by Crippen LogP contribution is 2.25. The van der Waals surface area contributed by atoms with Gasteiger partial charge in [-0.05, 0) is 42.8 Å². The maximum atomic E-state index is 5.47. The Kier molecular flexibility index (Phi) is 4.96. The Balaban J connectivity index is 1.50. The summed E-state index contributed by atoms with van der Waals surface area (Å²) < 4.78 is 15.5. The number of benzene rings is 2. The topological polar surface area (TPSA) is 46.5 Å². The van der Waals surface area contributed by atoms with Crippen LogP contribution in [0.3, 0.4) is 0 Å². The molecule has 0 radical (unpaired) electrons. The Hall–Kier alpha value is -2.83. The number of hydrogen-bond acceptors (Lipinski definition) is 3. The summed E-state index contributed by atoms with van der Waals surface area (Å²) in [5.74, 6) is 2.00. The molecule has 1 aliphatic rings.